The third kappa shape index (κ3) is 4.80. The molecule has 1 heterocycles. The number of aromatic carboxylic acids is 1. The highest BCUT2D eigenvalue weighted by molar-refractivity contribution is 7.09. The predicted molar refractivity (Wildman–Crippen MR) is 85.8 cm³/mol. The maximum Gasteiger partial charge on any atom is 0.355 e. The van der Waals surface area contributed by atoms with Crippen LogP contribution in [0.15, 0.2) is 5.38 Å². The summed E-state index contributed by atoms with van der Waals surface area (Å²) in [7, 11) is 0. The Kier molecular flexibility index (Phi) is 5.21. The fourth-order valence-electron chi connectivity index (χ4n) is 3.70. The summed E-state index contributed by atoms with van der Waals surface area (Å²) in [5.41, 5.74) is 0.353. The molecule has 22 heavy (non-hydrogen) atoms. The van der Waals surface area contributed by atoms with Gasteiger partial charge in [-0.2, -0.15) is 0 Å². The fraction of sp³-hybridized carbons (Fsp3) is 0.688. The number of carboxylic acid groups (broad SMARTS) is 1. The van der Waals surface area contributed by atoms with Crippen LogP contribution >= 0.6 is 11.3 Å². The Balaban J connectivity index is 1.81. The Morgan fingerprint density at radius 3 is 2.77 bits per heavy atom. The quantitative estimate of drug-likeness (QED) is 0.871. The maximum absolute atomic E-state index is 12.1. The van der Waals surface area contributed by atoms with E-state index in [0.29, 0.717) is 35.2 Å². The summed E-state index contributed by atoms with van der Waals surface area (Å²) in [4.78, 5) is 26.8. The second-order valence-electron chi connectivity index (χ2n) is 7.19. The molecule has 1 aromatic rings. The van der Waals surface area contributed by atoms with Crippen LogP contribution in [0.5, 0.6) is 0 Å². The molecular formula is C16H24N2O3S. The lowest BCUT2D eigenvalue weighted by Gasteiger charge is -2.38. The first-order valence-corrected chi connectivity index (χ1v) is 8.57. The lowest BCUT2D eigenvalue weighted by atomic mass is 9.67. The van der Waals surface area contributed by atoms with Crippen molar-refractivity contribution in [2.75, 3.05) is 0 Å². The summed E-state index contributed by atoms with van der Waals surface area (Å²) < 4.78 is 0. The van der Waals surface area contributed by atoms with Gasteiger partial charge in [0.15, 0.2) is 5.69 Å². The van der Waals surface area contributed by atoms with Crippen molar-refractivity contribution in [3.8, 4) is 0 Å². The van der Waals surface area contributed by atoms with Crippen molar-refractivity contribution >= 4 is 23.2 Å². The van der Waals surface area contributed by atoms with Gasteiger partial charge in [0.25, 0.3) is 0 Å². The topological polar surface area (TPSA) is 79.3 Å². The van der Waals surface area contributed by atoms with Gasteiger partial charge in [0.05, 0.1) is 6.54 Å². The summed E-state index contributed by atoms with van der Waals surface area (Å²) in [6.45, 7) is 7.12. The molecule has 0 aromatic carbocycles. The highest BCUT2D eigenvalue weighted by Gasteiger charge is 2.32. The maximum atomic E-state index is 12.1. The van der Waals surface area contributed by atoms with Gasteiger partial charge in [-0.1, -0.05) is 20.8 Å². The summed E-state index contributed by atoms with van der Waals surface area (Å²) in [5, 5.41) is 13.8. The van der Waals surface area contributed by atoms with Crippen molar-refractivity contribution in [1.82, 2.24) is 10.3 Å². The number of carbonyl (C=O) groups excluding carboxylic acids is 1. The van der Waals surface area contributed by atoms with E-state index in [2.05, 4.69) is 31.1 Å². The minimum atomic E-state index is -1.03. The predicted octanol–water partition coefficient (Wildman–Crippen LogP) is 3.31. The van der Waals surface area contributed by atoms with Gasteiger partial charge in [0.2, 0.25) is 5.91 Å². The van der Waals surface area contributed by atoms with Crippen LogP contribution in [0.25, 0.3) is 0 Å². The van der Waals surface area contributed by atoms with Crippen LogP contribution in [0, 0.1) is 17.3 Å². The van der Waals surface area contributed by atoms with E-state index in [0.717, 1.165) is 12.8 Å². The number of rotatable bonds is 5. The van der Waals surface area contributed by atoms with Gasteiger partial charge in [-0.15, -0.1) is 11.3 Å². The van der Waals surface area contributed by atoms with Gasteiger partial charge >= 0.3 is 5.97 Å². The average Bonchev–Trinajstić information content (AvgIpc) is 2.82. The molecule has 5 nitrogen and oxygen atoms in total. The molecule has 0 aliphatic heterocycles. The molecule has 1 aliphatic carbocycles. The third-order valence-corrected chi connectivity index (χ3v) is 5.01. The summed E-state index contributed by atoms with van der Waals surface area (Å²) in [6, 6.07) is 0. The molecule has 0 bridgehead atoms. The van der Waals surface area contributed by atoms with Gasteiger partial charge in [-0.05, 0) is 36.5 Å². The number of hydrogen-bond acceptors (Lipinski definition) is 4. The van der Waals surface area contributed by atoms with Crippen LogP contribution in [0.2, 0.25) is 0 Å². The molecule has 2 atom stereocenters. The Morgan fingerprint density at radius 1 is 1.45 bits per heavy atom. The van der Waals surface area contributed by atoms with E-state index in [4.69, 9.17) is 5.11 Å². The lowest BCUT2D eigenvalue weighted by Crippen LogP contribution is -2.32. The normalized spacial score (nSPS) is 24.0. The zero-order chi connectivity index (χ0) is 16.3. The molecule has 1 aromatic heterocycles. The van der Waals surface area contributed by atoms with Crippen LogP contribution in [0.3, 0.4) is 0 Å². The van der Waals surface area contributed by atoms with Crippen LogP contribution in [0.4, 0.5) is 0 Å². The first-order chi connectivity index (χ1) is 10.2. The molecule has 122 valence electrons. The Labute approximate surface area is 135 Å². The highest BCUT2D eigenvalue weighted by atomic mass is 32.1. The van der Waals surface area contributed by atoms with Crippen LogP contribution in [0.1, 0.15) is 62.0 Å². The molecule has 1 aliphatic rings. The van der Waals surface area contributed by atoms with Gasteiger partial charge in [0, 0.05) is 11.8 Å². The van der Waals surface area contributed by atoms with E-state index in [9.17, 15) is 9.59 Å². The summed E-state index contributed by atoms with van der Waals surface area (Å²) in [6.07, 6.45) is 3.97. The van der Waals surface area contributed by atoms with E-state index in [1.807, 2.05) is 0 Å². The fourth-order valence-corrected chi connectivity index (χ4v) is 4.41. The Morgan fingerprint density at radius 2 is 2.18 bits per heavy atom. The molecule has 1 amide bonds. The van der Waals surface area contributed by atoms with Crippen molar-refractivity contribution in [2.24, 2.45) is 17.3 Å². The molecule has 0 saturated heterocycles. The second-order valence-corrected chi connectivity index (χ2v) is 8.13. The van der Waals surface area contributed by atoms with E-state index in [1.54, 1.807) is 0 Å². The number of aromatic nitrogens is 1. The van der Waals surface area contributed by atoms with Gasteiger partial charge in [-0.3, -0.25) is 4.79 Å². The minimum absolute atomic E-state index is 0.0296. The molecule has 6 heteroatoms. The number of hydrogen-bond donors (Lipinski definition) is 2. The first-order valence-electron chi connectivity index (χ1n) is 7.69. The van der Waals surface area contributed by atoms with Crippen LogP contribution < -0.4 is 5.32 Å². The van der Waals surface area contributed by atoms with E-state index >= 15 is 0 Å². The number of nitrogens with one attached hydrogen (secondary N) is 1. The molecule has 2 unspecified atom stereocenters. The smallest absolute Gasteiger partial charge is 0.355 e. The molecule has 0 radical (unpaired) electrons. The molecule has 2 rings (SSSR count). The van der Waals surface area contributed by atoms with Crippen LogP contribution in [-0.2, 0) is 11.3 Å². The number of amides is 1. The number of thiazole rings is 1. The van der Waals surface area contributed by atoms with Crippen molar-refractivity contribution < 1.29 is 14.7 Å². The molecule has 1 saturated carbocycles. The van der Waals surface area contributed by atoms with Crippen molar-refractivity contribution in [3.05, 3.63) is 16.1 Å². The van der Waals surface area contributed by atoms with Crippen molar-refractivity contribution in [3.63, 3.8) is 0 Å². The largest absolute Gasteiger partial charge is 0.476 e. The first kappa shape index (κ1) is 16.9. The molecule has 1 fully saturated rings. The second kappa shape index (κ2) is 6.77. The third-order valence-electron chi connectivity index (χ3n) is 4.16. The van der Waals surface area contributed by atoms with Crippen LogP contribution in [-0.4, -0.2) is 22.0 Å². The average molecular weight is 324 g/mol. The highest BCUT2D eigenvalue weighted by Crippen LogP contribution is 2.42. The van der Waals surface area contributed by atoms with E-state index in [1.165, 1.54) is 23.1 Å². The summed E-state index contributed by atoms with van der Waals surface area (Å²) >= 11 is 1.26. The standard InChI is InChI=1S/C16H24N2O3S/c1-10-4-11(7-16(2,3)6-10)5-13(19)17-8-14-18-12(9-22-14)15(20)21/h9-11H,4-8H2,1-3H3,(H,17,19)(H,20,21). The summed E-state index contributed by atoms with van der Waals surface area (Å²) in [5.74, 6) is 0.0949. The van der Waals surface area contributed by atoms with Crippen molar-refractivity contribution in [1.29, 1.82) is 0 Å². The lowest BCUT2D eigenvalue weighted by molar-refractivity contribution is -0.122. The van der Waals surface area contributed by atoms with E-state index in [-0.39, 0.29) is 11.6 Å². The number of nitrogens with zero attached hydrogens (tertiary/aromatic N) is 1. The van der Waals surface area contributed by atoms with Gasteiger partial charge < -0.3 is 10.4 Å². The monoisotopic (exact) mass is 324 g/mol. The van der Waals surface area contributed by atoms with E-state index < -0.39 is 5.97 Å². The zero-order valence-electron chi connectivity index (χ0n) is 13.4. The molecular weight excluding hydrogens is 300 g/mol. The zero-order valence-corrected chi connectivity index (χ0v) is 14.2. The number of carboxylic acids is 1. The van der Waals surface area contributed by atoms with Gasteiger partial charge in [-0.25, -0.2) is 9.78 Å². The van der Waals surface area contributed by atoms with Gasteiger partial charge in [0.1, 0.15) is 5.01 Å². The SMILES string of the molecule is CC1CC(CC(=O)NCc2nc(C(=O)O)cs2)CC(C)(C)C1. The Bertz CT molecular complexity index is 553. The molecule has 0 spiro atoms. The Hall–Kier alpha value is -1.43. The van der Waals surface area contributed by atoms with Crippen molar-refractivity contribution in [2.45, 2.75) is 53.0 Å². The minimum Gasteiger partial charge on any atom is -0.476 e. The molecule has 2 N–H and O–H groups in total. The number of carbonyl (C=O) groups is 2.